The quantitative estimate of drug-likeness (QED) is 0.518. The van der Waals surface area contributed by atoms with Gasteiger partial charge in [-0.1, -0.05) is 6.92 Å². The van der Waals surface area contributed by atoms with Crippen LogP contribution in [0.5, 0.6) is 0 Å². The highest BCUT2D eigenvalue weighted by atomic mass is 19.2. The summed E-state index contributed by atoms with van der Waals surface area (Å²) in [6, 6.07) is 1.35. The van der Waals surface area contributed by atoms with E-state index in [1.54, 1.807) is 6.92 Å². The van der Waals surface area contributed by atoms with Crippen molar-refractivity contribution in [1.29, 1.82) is 0 Å². The van der Waals surface area contributed by atoms with E-state index in [4.69, 9.17) is 0 Å². The molecule has 0 fully saturated rings. The summed E-state index contributed by atoms with van der Waals surface area (Å²) in [7, 11) is 0. The van der Waals surface area contributed by atoms with Crippen LogP contribution >= 0.6 is 0 Å². The number of nitrogens with one attached hydrogen (secondary N) is 1. The normalized spacial score (nSPS) is 10.9. The lowest BCUT2D eigenvalue weighted by molar-refractivity contribution is -0.116. The summed E-state index contributed by atoms with van der Waals surface area (Å²) in [6.07, 6.45) is 2.14. The standard InChI is InChI=1S/C14H12F5N3O/c1-2-3-9(23)20-8-4-5-22(21-8)6-7-10(15)12(17)14(19)13(18)11(7)16/h4-5H,2-3,6H2,1H3,(H,20,21,23). The average Bonchev–Trinajstić information content (AvgIpc) is 2.95. The predicted octanol–water partition coefficient (Wildman–Crippen LogP) is 3.37. The first kappa shape index (κ1) is 16.9. The number of amides is 1. The first-order valence-electron chi connectivity index (χ1n) is 6.68. The number of carbonyl (C=O) groups is 1. The lowest BCUT2D eigenvalue weighted by Gasteiger charge is -2.08. The maximum Gasteiger partial charge on any atom is 0.225 e. The SMILES string of the molecule is CCCC(=O)Nc1ccn(Cc2c(F)c(F)c(F)c(F)c2F)n1. The maximum absolute atomic E-state index is 13.6. The highest BCUT2D eigenvalue weighted by Crippen LogP contribution is 2.23. The Balaban J connectivity index is 2.24. The van der Waals surface area contributed by atoms with Crippen LogP contribution in [0.15, 0.2) is 12.3 Å². The van der Waals surface area contributed by atoms with Crippen LogP contribution in [0, 0.1) is 29.1 Å². The van der Waals surface area contributed by atoms with Gasteiger partial charge in [-0.05, 0) is 6.42 Å². The fourth-order valence-electron chi connectivity index (χ4n) is 1.90. The number of hydrogen-bond donors (Lipinski definition) is 1. The van der Waals surface area contributed by atoms with Gasteiger partial charge in [0.05, 0.1) is 12.1 Å². The number of rotatable bonds is 5. The molecule has 0 saturated carbocycles. The molecule has 4 nitrogen and oxygen atoms in total. The summed E-state index contributed by atoms with van der Waals surface area (Å²) in [4.78, 5) is 11.4. The minimum atomic E-state index is -2.21. The molecular formula is C14H12F5N3O. The molecule has 0 spiro atoms. The monoisotopic (exact) mass is 333 g/mol. The molecule has 0 radical (unpaired) electrons. The highest BCUT2D eigenvalue weighted by Gasteiger charge is 2.25. The summed E-state index contributed by atoms with van der Waals surface area (Å²) in [5, 5.41) is 6.25. The van der Waals surface area contributed by atoms with Gasteiger partial charge in [0.15, 0.2) is 29.1 Å². The number of aromatic nitrogens is 2. The number of nitrogens with zero attached hydrogens (tertiary/aromatic N) is 2. The summed E-state index contributed by atoms with van der Waals surface area (Å²) < 4.78 is 67.3. The summed E-state index contributed by atoms with van der Waals surface area (Å²) in [5.74, 6) is -10.2. The van der Waals surface area contributed by atoms with Crippen LogP contribution in [0.1, 0.15) is 25.3 Å². The van der Waals surface area contributed by atoms with Crippen molar-refractivity contribution in [2.75, 3.05) is 5.32 Å². The molecule has 1 aromatic heterocycles. The molecule has 124 valence electrons. The Bertz CT molecular complexity index is 715. The molecule has 2 aromatic rings. The second kappa shape index (κ2) is 6.76. The molecule has 0 aliphatic heterocycles. The Morgan fingerprint density at radius 1 is 1.09 bits per heavy atom. The van der Waals surface area contributed by atoms with Gasteiger partial charge in [-0.2, -0.15) is 5.10 Å². The first-order valence-corrected chi connectivity index (χ1v) is 6.68. The second-order valence-electron chi connectivity index (χ2n) is 4.75. The Morgan fingerprint density at radius 3 is 2.22 bits per heavy atom. The molecule has 0 aliphatic carbocycles. The van der Waals surface area contributed by atoms with Crippen molar-refractivity contribution < 1.29 is 26.7 Å². The van der Waals surface area contributed by atoms with E-state index in [-0.39, 0.29) is 18.1 Å². The summed E-state index contributed by atoms with van der Waals surface area (Å²) >= 11 is 0. The first-order chi connectivity index (χ1) is 10.8. The zero-order chi connectivity index (χ0) is 17.1. The van der Waals surface area contributed by atoms with E-state index in [1.165, 1.54) is 12.3 Å². The average molecular weight is 333 g/mol. The van der Waals surface area contributed by atoms with Crippen LogP contribution in [0.2, 0.25) is 0 Å². The number of carbonyl (C=O) groups excluding carboxylic acids is 1. The van der Waals surface area contributed by atoms with Crippen molar-refractivity contribution in [1.82, 2.24) is 9.78 Å². The van der Waals surface area contributed by atoms with Crippen LogP contribution in [-0.4, -0.2) is 15.7 Å². The van der Waals surface area contributed by atoms with Crippen LogP contribution in [0.3, 0.4) is 0 Å². The van der Waals surface area contributed by atoms with Crippen molar-refractivity contribution in [2.45, 2.75) is 26.3 Å². The number of halogens is 5. The highest BCUT2D eigenvalue weighted by molar-refractivity contribution is 5.89. The zero-order valence-corrected chi connectivity index (χ0v) is 12.0. The van der Waals surface area contributed by atoms with E-state index in [0.717, 1.165) is 4.68 Å². The largest absolute Gasteiger partial charge is 0.309 e. The van der Waals surface area contributed by atoms with Crippen molar-refractivity contribution >= 4 is 11.7 Å². The lowest BCUT2D eigenvalue weighted by atomic mass is 10.1. The third-order valence-corrected chi connectivity index (χ3v) is 3.01. The second-order valence-corrected chi connectivity index (χ2v) is 4.75. The van der Waals surface area contributed by atoms with Gasteiger partial charge >= 0.3 is 0 Å². The minimum Gasteiger partial charge on any atom is -0.309 e. The molecule has 0 saturated heterocycles. The van der Waals surface area contributed by atoms with Gasteiger partial charge in [0, 0.05) is 18.7 Å². The molecule has 1 aromatic carbocycles. The minimum absolute atomic E-state index is 0.118. The van der Waals surface area contributed by atoms with Gasteiger partial charge in [-0.25, -0.2) is 22.0 Å². The van der Waals surface area contributed by atoms with Crippen molar-refractivity contribution in [3.8, 4) is 0 Å². The molecule has 1 N–H and O–H groups in total. The fraction of sp³-hybridized carbons (Fsp3) is 0.286. The Kier molecular flexibility index (Phi) is 4.97. The van der Waals surface area contributed by atoms with Gasteiger partial charge in [0.25, 0.3) is 0 Å². The summed E-state index contributed by atoms with van der Waals surface area (Å²) in [5.41, 5.74) is -1.00. The van der Waals surface area contributed by atoms with Crippen LogP contribution in [0.25, 0.3) is 0 Å². The van der Waals surface area contributed by atoms with Gasteiger partial charge in [-0.15, -0.1) is 0 Å². The smallest absolute Gasteiger partial charge is 0.225 e. The van der Waals surface area contributed by atoms with Gasteiger partial charge in [0.2, 0.25) is 11.7 Å². The van der Waals surface area contributed by atoms with E-state index < -0.39 is 41.2 Å². The molecule has 9 heteroatoms. The number of hydrogen-bond acceptors (Lipinski definition) is 2. The van der Waals surface area contributed by atoms with E-state index in [2.05, 4.69) is 10.4 Å². The van der Waals surface area contributed by atoms with E-state index in [9.17, 15) is 26.7 Å². The maximum atomic E-state index is 13.6. The van der Waals surface area contributed by atoms with Gasteiger partial charge in [0.1, 0.15) is 0 Å². The Labute approximate surface area is 127 Å². The van der Waals surface area contributed by atoms with Gasteiger partial charge < -0.3 is 5.32 Å². The van der Waals surface area contributed by atoms with Crippen LogP contribution in [0.4, 0.5) is 27.8 Å². The molecular weight excluding hydrogens is 321 g/mol. The van der Waals surface area contributed by atoms with Gasteiger partial charge in [-0.3, -0.25) is 9.48 Å². The fourth-order valence-corrected chi connectivity index (χ4v) is 1.90. The number of benzene rings is 1. The predicted molar refractivity (Wildman–Crippen MR) is 71.1 cm³/mol. The molecule has 23 heavy (non-hydrogen) atoms. The lowest BCUT2D eigenvalue weighted by Crippen LogP contribution is -2.13. The van der Waals surface area contributed by atoms with E-state index in [0.29, 0.717) is 6.42 Å². The van der Waals surface area contributed by atoms with Crippen LogP contribution in [-0.2, 0) is 11.3 Å². The third-order valence-electron chi connectivity index (χ3n) is 3.01. The Morgan fingerprint density at radius 2 is 1.65 bits per heavy atom. The van der Waals surface area contributed by atoms with Crippen molar-refractivity contribution in [3.63, 3.8) is 0 Å². The van der Waals surface area contributed by atoms with Crippen LogP contribution < -0.4 is 5.32 Å². The van der Waals surface area contributed by atoms with Crippen molar-refractivity contribution in [3.05, 3.63) is 46.9 Å². The Hall–Kier alpha value is -2.45. The molecule has 0 aliphatic rings. The van der Waals surface area contributed by atoms with E-state index >= 15 is 0 Å². The van der Waals surface area contributed by atoms with Crippen molar-refractivity contribution in [2.24, 2.45) is 0 Å². The zero-order valence-electron chi connectivity index (χ0n) is 12.0. The molecule has 0 bridgehead atoms. The molecule has 2 rings (SSSR count). The summed E-state index contributed by atoms with van der Waals surface area (Å²) in [6.45, 7) is 1.14. The molecule has 1 heterocycles. The third kappa shape index (κ3) is 3.49. The molecule has 0 unspecified atom stereocenters. The topological polar surface area (TPSA) is 46.9 Å². The molecule has 0 atom stereocenters. The number of anilines is 1. The molecule has 1 amide bonds. The van der Waals surface area contributed by atoms with E-state index in [1.807, 2.05) is 0 Å².